The molecule has 8 nitrogen and oxygen atoms in total. The predicted molar refractivity (Wildman–Crippen MR) is 117 cm³/mol. The van der Waals surface area contributed by atoms with Gasteiger partial charge < -0.3 is 14.4 Å². The van der Waals surface area contributed by atoms with Gasteiger partial charge in [-0.1, -0.05) is 24.3 Å². The number of rotatable bonds is 5. The molecular formula is C24H25N3O5. The fraction of sp³-hybridized carbons (Fsp3) is 0.333. The molecule has 2 aromatic rings. The fourth-order valence-electron chi connectivity index (χ4n) is 3.73. The van der Waals surface area contributed by atoms with E-state index in [9.17, 15) is 14.4 Å². The Balaban J connectivity index is 1.98. The number of nitriles is 1. The Kier molecular flexibility index (Phi) is 7.58. The molecule has 2 aromatic carbocycles. The van der Waals surface area contributed by atoms with E-state index in [4.69, 9.17) is 14.7 Å². The lowest BCUT2D eigenvalue weighted by molar-refractivity contribution is -0.142. The lowest BCUT2D eigenvalue weighted by Crippen LogP contribution is -2.45. The third-order valence-electron chi connectivity index (χ3n) is 5.27. The summed E-state index contributed by atoms with van der Waals surface area (Å²) in [4.78, 5) is 41.5. The fourth-order valence-corrected chi connectivity index (χ4v) is 3.73. The third-order valence-corrected chi connectivity index (χ3v) is 5.27. The molecular weight excluding hydrogens is 410 g/mol. The molecule has 0 aromatic heterocycles. The zero-order chi connectivity index (χ0) is 23.1. The monoisotopic (exact) mass is 435 g/mol. The number of nitrogens with zero attached hydrogens (tertiary/aromatic N) is 3. The van der Waals surface area contributed by atoms with Gasteiger partial charge in [0.15, 0.2) is 0 Å². The second-order valence-electron chi connectivity index (χ2n) is 7.28. The number of methoxy groups -OCH3 is 1. The highest BCUT2D eigenvalue weighted by atomic mass is 16.5. The average Bonchev–Trinajstić information content (AvgIpc) is 2.86. The van der Waals surface area contributed by atoms with Crippen LogP contribution in [0.4, 0.5) is 5.69 Å². The summed E-state index contributed by atoms with van der Waals surface area (Å²) in [7, 11) is 1.57. The van der Waals surface area contributed by atoms with Gasteiger partial charge in [-0.15, -0.1) is 0 Å². The molecule has 0 radical (unpaired) electrons. The van der Waals surface area contributed by atoms with E-state index in [1.54, 1.807) is 44.4 Å². The largest absolute Gasteiger partial charge is 0.465 e. The van der Waals surface area contributed by atoms with E-state index < -0.39 is 11.9 Å². The normalized spacial score (nSPS) is 16.3. The van der Waals surface area contributed by atoms with Crippen LogP contribution in [-0.4, -0.2) is 56.0 Å². The number of benzene rings is 2. The van der Waals surface area contributed by atoms with Crippen molar-refractivity contribution in [3.8, 4) is 6.07 Å². The molecule has 1 atom stereocenters. The topological polar surface area (TPSA) is 99.9 Å². The van der Waals surface area contributed by atoms with Crippen molar-refractivity contribution < 1.29 is 23.9 Å². The summed E-state index contributed by atoms with van der Waals surface area (Å²) in [5, 5.41) is 9.15. The summed E-state index contributed by atoms with van der Waals surface area (Å²) in [5.74, 6) is -1.32. The molecule has 32 heavy (non-hydrogen) atoms. The van der Waals surface area contributed by atoms with Gasteiger partial charge in [0.25, 0.3) is 5.91 Å². The zero-order valence-corrected chi connectivity index (χ0v) is 18.1. The van der Waals surface area contributed by atoms with E-state index >= 15 is 0 Å². The third kappa shape index (κ3) is 5.13. The molecule has 0 spiro atoms. The maximum absolute atomic E-state index is 13.3. The first-order valence-electron chi connectivity index (χ1n) is 10.4. The molecule has 0 bridgehead atoms. The van der Waals surface area contributed by atoms with Crippen molar-refractivity contribution in [2.75, 3.05) is 38.3 Å². The molecule has 8 heteroatoms. The first-order valence-corrected chi connectivity index (χ1v) is 10.4. The van der Waals surface area contributed by atoms with Crippen molar-refractivity contribution in [3.05, 3.63) is 65.2 Å². The second-order valence-corrected chi connectivity index (χ2v) is 7.28. The van der Waals surface area contributed by atoms with Crippen LogP contribution in [0.1, 0.15) is 40.9 Å². The van der Waals surface area contributed by atoms with Crippen LogP contribution in [0.2, 0.25) is 0 Å². The minimum Gasteiger partial charge on any atom is -0.465 e. The van der Waals surface area contributed by atoms with E-state index in [-0.39, 0.29) is 38.3 Å². The van der Waals surface area contributed by atoms with Crippen LogP contribution in [0.3, 0.4) is 0 Å². The molecule has 0 saturated heterocycles. The predicted octanol–water partition coefficient (Wildman–Crippen LogP) is 2.69. The van der Waals surface area contributed by atoms with Crippen molar-refractivity contribution >= 4 is 23.5 Å². The van der Waals surface area contributed by atoms with E-state index in [0.717, 1.165) is 5.56 Å². The van der Waals surface area contributed by atoms with Crippen molar-refractivity contribution in [2.24, 2.45) is 0 Å². The van der Waals surface area contributed by atoms with Crippen molar-refractivity contribution in [1.82, 2.24) is 4.90 Å². The number of ether oxygens (including phenoxy) is 2. The first-order chi connectivity index (χ1) is 15.5. The van der Waals surface area contributed by atoms with Gasteiger partial charge in [-0.3, -0.25) is 19.3 Å². The van der Waals surface area contributed by atoms with Crippen molar-refractivity contribution in [2.45, 2.75) is 19.4 Å². The number of carbonyl (C=O) groups excluding carboxylic acids is 3. The van der Waals surface area contributed by atoms with Crippen LogP contribution < -0.4 is 4.90 Å². The summed E-state index contributed by atoms with van der Waals surface area (Å²) in [6.07, 6.45) is 0.0695. The van der Waals surface area contributed by atoms with E-state index in [2.05, 4.69) is 0 Å². The molecule has 0 N–H and O–H groups in total. The molecule has 0 aliphatic carbocycles. The summed E-state index contributed by atoms with van der Waals surface area (Å²) >= 11 is 0. The molecule has 2 amide bonds. The van der Waals surface area contributed by atoms with E-state index in [0.29, 0.717) is 23.2 Å². The highest BCUT2D eigenvalue weighted by Crippen LogP contribution is 2.32. The summed E-state index contributed by atoms with van der Waals surface area (Å²) < 4.78 is 10.7. The Bertz CT molecular complexity index is 1050. The number of hydrogen-bond donors (Lipinski definition) is 0. The Morgan fingerprint density at radius 3 is 2.69 bits per heavy atom. The first kappa shape index (κ1) is 23.0. The van der Waals surface area contributed by atoms with Gasteiger partial charge in [0.2, 0.25) is 5.91 Å². The van der Waals surface area contributed by atoms with Crippen LogP contribution >= 0.6 is 0 Å². The number of para-hydroxylation sites is 1. The van der Waals surface area contributed by atoms with Gasteiger partial charge in [0, 0.05) is 24.8 Å². The molecule has 1 unspecified atom stereocenters. The number of hydrogen-bond acceptors (Lipinski definition) is 6. The van der Waals surface area contributed by atoms with Gasteiger partial charge in [0.05, 0.1) is 30.0 Å². The Morgan fingerprint density at radius 1 is 1.19 bits per heavy atom. The highest BCUT2D eigenvalue weighted by molar-refractivity contribution is 6.03. The van der Waals surface area contributed by atoms with Crippen LogP contribution in [0.25, 0.3) is 0 Å². The lowest BCUT2D eigenvalue weighted by atomic mass is 10.0. The summed E-state index contributed by atoms with van der Waals surface area (Å²) in [6, 6.07) is 15.6. The van der Waals surface area contributed by atoms with Crippen LogP contribution in [0.15, 0.2) is 48.5 Å². The van der Waals surface area contributed by atoms with Crippen LogP contribution in [0, 0.1) is 11.3 Å². The molecule has 3 rings (SSSR count). The highest BCUT2D eigenvalue weighted by Gasteiger charge is 2.31. The molecule has 0 fully saturated rings. The lowest BCUT2D eigenvalue weighted by Gasteiger charge is -2.26. The molecule has 1 heterocycles. The van der Waals surface area contributed by atoms with Gasteiger partial charge in [-0.25, -0.2) is 0 Å². The standard InChI is InChI=1S/C24H25N3O5/c1-3-32-23(29)16-27-20-10-5-4-9-19(20)21(31-2)11-12-26(15-22(27)28)24(30)18-8-6-7-17(13-18)14-25/h4-10,13,21H,3,11-12,15-16H2,1-2H3. The minimum absolute atomic E-state index is 0.197. The number of anilines is 1. The summed E-state index contributed by atoms with van der Waals surface area (Å²) in [5.41, 5.74) is 1.99. The van der Waals surface area contributed by atoms with Gasteiger partial charge in [0.1, 0.15) is 13.1 Å². The Morgan fingerprint density at radius 2 is 1.97 bits per heavy atom. The van der Waals surface area contributed by atoms with Gasteiger partial charge in [-0.2, -0.15) is 5.26 Å². The SMILES string of the molecule is CCOC(=O)CN1C(=O)CN(C(=O)c2cccc(C#N)c2)CCC(OC)c2ccccc21. The quantitative estimate of drug-likeness (QED) is 0.670. The molecule has 1 aliphatic heterocycles. The van der Waals surface area contributed by atoms with Crippen LogP contribution in [0.5, 0.6) is 0 Å². The van der Waals surface area contributed by atoms with E-state index in [1.807, 2.05) is 18.2 Å². The summed E-state index contributed by atoms with van der Waals surface area (Å²) in [6.45, 7) is 1.67. The maximum Gasteiger partial charge on any atom is 0.326 e. The van der Waals surface area contributed by atoms with Crippen LogP contribution in [-0.2, 0) is 19.1 Å². The Labute approximate surface area is 186 Å². The number of esters is 1. The minimum atomic E-state index is -0.538. The molecule has 1 aliphatic rings. The van der Waals surface area contributed by atoms with E-state index in [1.165, 1.54) is 15.9 Å². The average molecular weight is 435 g/mol. The molecule has 166 valence electrons. The smallest absolute Gasteiger partial charge is 0.326 e. The van der Waals surface area contributed by atoms with Crippen molar-refractivity contribution in [3.63, 3.8) is 0 Å². The maximum atomic E-state index is 13.3. The zero-order valence-electron chi connectivity index (χ0n) is 18.1. The Hall–Kier alpha value is -3.70. The number of amides is 2. The van der Waals surface area contributed by atoms with Gasteiger partial charge in [-0.05, 0) is 37.6 Å². The van der Waals surface area contributed by atoms with Gasteiger partial charge >= 0.3 is 5.97 Å². The number of carbonyl (C=O) groups is 3. The second kappa shape index (κ2) is 10.6. The molecule has 0 saturated carbocycles. The number of fused-ring (bicyclic) bond motifs is 1. The van der Waals surface area contributed by atoms with Crippen molar-refractivity contribution in [1.29, 1.82) is 5.26 Å².